The van der Waals surface area contributed by atoms with Gasteiger partial charge in [-0.15, -0.1) is 0 Å². The van der Waals surface area contributed by atoms with Crippen molar-refractivity contribution in [2.45, 2.75) is 19.6 Å². The predicted octanol–water partition coefficient (Wildman–Crippen LogP) is 4.06. The lowest BCUT2D eigenvalue weighted by Crippen LogP contribution is -2.21. The first-order valence-electron chi connectivity index (χ1n) is 10.3. The first-order chi connectivity index (χ1) is 15.4. The Morgan fingerprint density at radius 1 is 1.19 bits per heavy atom. The summed E-state index contributed by atoms with van der Waals surface area (Å²) in [4.78, 5) is 16.7. The number of hydrogen-bond donors (Lipinski definition) is 3. The van der Waals surface area contributed by atoms with Crippen molar-refractivity contribution in [1.29, 1.82) is 0 Å². The average Bonchev–Trinajstić information content (AvgIpc) is 3.16. The average molecular weight is 433 g/mol. The zero-order valence-corrected chi connectivity index (χ0v) is 17.8. The number of aryl methyl sites for hydroxylation is 1. The second-order valence-electron chi connectivity index (χ2n) is 7.52. The zero-order valence-electron chi connectivity index (χ0n) is 17.8. The fourth-order valence-corrected chi connectivity index (χ4v) is 3.50. The van der Waals surface area contributed by atoms with Gasteiger partial charge in [-0.3, -0.25) is 14.5 Å². The van der Waals surface area contributed by atoms with Crippen LogP contribution in [-0.2, 0) is 11.8 Å². The van der Waals surface area contributed by atoms with Gasteiger partial charge in [-0.2, -0.15) is 5.10 Å². The monoisotopic (exact) mass is 433 g/mol. The van der Waals surface area contributed by atoms with E-state index in [-0.39, 0.29) is 11.6 Å². The maximum absolute atomic E-state index is 14.7. The SMILES string of the molecule is CC1=NCCC=C1C(=O)Nc1ccc(-c2cc(NC(O)c3ccccc3)n(C)n2)cc1F. The lowest BCUT2D eigenvalue weighted by molar-refractivity contribution is -0.112. The van der Waals surface area contributed by atoms with Crippen LogP contribution in [0, 0.1) is 5.82 Å². The van der Waals surface area contributed by atoms with Crippen LogP contribution in [0.3, 0.4) is 0 Å². The second-order valence-corrected chi connectivity index (χ2v) is 7.52. The number of halogens is 1. The van der Waals surface area contributed by atoms with Gasteiger partial charge in [-0.25, -0.2) is 4.39 Å². The van der Waals surface area contributed by atoms with Crippen molar-refractivity contribution in [2.24, 2.45) is 12.0 Å². The highest BCUT2D eigenvalue weighted by atomic mass is 19.1. The molecule has 1 aromatic heterocycles. The number of nitrogens with zero attached hydrogens (tertiary/aromatic N) is 3. The van der Waals surface area contributed by atoms with E-state index in [0.717, 1.165) is 5.56 Å². The molecule has 2 heterocycles. The number of carbonyl (C=O) groups is 1. The van der Waals surface area contributed by atoms with E-state index in [0.29, 0.717) is 41.3 Å². The van der Waals surface area contributed by atoms with Crippen molar-refractivity contribution < 1.29 is 14.3 Å². The van der Waals surface area contributed by atoms with Crippen LogP contribution in [0.1, 0.15) is 25.1 Å². The number of carbonyl (C=O) groups excluding carboxylic acids is 1. The molecule has 0 radical (unpaired) electrons. The van der Waals surface area contributed by atoms with E-state index < -0.39 is 12.0 Å². The van der Waals surface area contributed by atoms with Crippen LogP contribution in [0.15, 0.2) is 71.2 Å². The molecule has 2 aromatic carbocycles. The Morgan fingerprint density at radius 2 is 1.97 bits per heavy atom. The molecule has 0 saturated heterocycles. The Kier molecular flexibility index (Phi) is 6.13. The summed E-state index contributed by atoms with van der Waals surface area (Å²) >= 11 is 0. The van der Waals surface area contributed by atoms with E-state index in [1.807, 2.05) is 36.4 Å². The maximum Gasteiger partial charge on any atom is 0.257 e. The molecule has 3 aromatic rings. The van der Waals surface area contributed by atoms with Gasteiger partial charge < -0.3 is 15.7 Å². The number of rotatable bonds is 6. The molecule has 0 saturated carbocycles. The molecule has 1 unspecified atom stereocenters. The molecule has 164 valence electrons. The predicted molar refractivity (Wildman–Crippen MR) is 123 cm³/mol. The molecule has 7 nitrogen and oxygen atoms in total. The first-order valence-corrected chi connectivity index (χ1v) is 10.3. The molecule has 0 fully saturated rings. The third-order valence-electron chi connectivity index (χ3n) is 5.25. The Bertz CT molecular complexity index is 1200. The topological polar surface area (TPSA) is 91.5 Å². The first kappa shape index (κ1) is 21.5. The van der Waals surface area contributed by atoms with E-state index in [2.05, 4.69) is 20.7 Å². The third kappa shape index (κ3) is 4.60. The van der Waals surface area contributed by atoms with E-state index in [1.54, 1.807) is 30.8 Å². The van der Waals surface area contributed by atoms with Gasteiger partial charge in [-0.05, 0) is 25.5 Å². The molecule has 8 heteroatoms. The van der Waals surface area contributed by atoms with Crippen molar-refractivity contribution in [3.8, 4) is 11.3 Å². The highest BCUT2D eigenvalue weighted by molar-refractivity contribution is 6.24. The lowest BCUT2D eigenvalue weighted by atomic mass is 10.1. The van der Waals surface area contributed by atoms with Gasteiger partial charge >= 0.3 is 0 Å². The molecule has 1 aliphatic heterocycles. The Balaban J connectivity index is 1.49. The van der Waals surface area contributed by atoms with Crippen LogP contribution in [0.5, 0.6) is 0 Å². The van der Waals surface area contributed by atoms with Gasteiger partial charge in [0.05, 0.1) is 17.0 Å². The van der Waals surface area contributed by atoms with Gasteiger partial charge in [0.25, 0.3) is 5.91 Å². The van der Waals surface area contributed by atoms with Gasteiger partial charge in [0.15, 0.2) is 6.23 Å². The smallest absolute Gasteiger partial charge is 0.257 e. The number of aliphatic imine (C=N–C) groups is 1. The van der Waals surface area contributed by atoms with Crippen LogP contribution in [0.4, 0.5) is 15.9 Å². The number of aliphatic hydroxyl groups excluding tert-OH is 1. The van der Waals surface area contributed by atoms with Gasteiger partial charge in [0.1, 0.15) is 11.6 Å². The summed E-state index contributed by atoms with van der Waals surface area (Å²) in [5.74, 6) is -0.365. The number of hydrogen-bond acceptors (Lipinski definition) is 5. The molecule has 1 atom stereocenters. The Labute approximate surface area is 185 Å². The minimum Gasteiger partial charge on any atom is -0.369 e. The number of nitrogens with one attached hydrogen (secondary N) is 2. The third-order valence-corrected chi connectivity index (χ3v) is 5.25. The van der Waals surface area contributed by atoms with E-state index >= 15 is 0 Å². The van der Waals surface area contributed by atoms with Crippen LogP contribution in [0.2, 0.25) is 0 Å². The van der Waals surface area contributed by atoms with Crippen LogP contribution < -0.4 is 10.6 Å². The normalized spacial score (nSPS) is 14.4. The van der Waals surface area contributed by atoms with Crippen LogP contribution in [0.25, 0.3) is 11.3 Å². The Morgan fingerprint density at radius 3 is 2.69 bits per heavy atom. The number of amides is 1. The van der Waals surface area contributed by atoms with Crippen molar-refractivity contribution in [3.05, 3.63) is 77.6 Å². The largest absolute Gasteiger partial charge is 0.369 e. The summed E-state index contributed by atoms with van der Waals surface area (Å²) in [5, 5.41) is 20.4. The fourth-order valence-electron chi connectivity index (χ4n) is 3.50. The van der Waals surface area contributed by atoms with Crippen molar-refractivity contribution in [1.82, 2.24) is 9.78 Å². The highest BCUT2D eigenvalue weighted by Crippen LogP contribution is 2.27. The molecular weight excluding hydrogens is 409 g/mol. The maximum atomic E-state index is 14.7. The summed E-state index contributed by atoms with van der Waals surface area (Å²) < 4.78 is 16.3. The van der Waals surface area contributed by atoms with E-state index in [1.165, 1.54) is 12.1 Å². The highest BCUT2D eigenvalue weighted by Gasteiger charge is 2.18. The minimum atomic E-state index is -0.908. The van der Waals surface area contributed by atoms with Gasteiger partial charge in [0, 0.05) is 36.5 Å². The van der Waals surface area contributed by atoms with Crippen LogP contribution >= 0.6 is 0 Å². The number of anilines is 2. The summed E-state index contributed by atoms with van der Waals surface area (Å²) in [6.45, 7) is 2.43. The summed E-state index contributed by atoms with van der Waals surface area (Å²) in [6, 6.07) is 15.4. The molecule has 0 spiro atoms. The minimum absolute atomic E-state index is 0.0896. The standard InChI is InChI=1S/C24H24FN5O2/c1-15-18(9-6-12-26-15)24(32)27-20-11-10-17(13-19(20)25)21-14-22(30(2)29-21)28-23(31)16-7-4-3-5-8-16/h3-5,7-11,13-14,23,28,31H,6,12H2,1-2H3,(H,27,32). The quantitative estimate of drug-likeness (QED) is 0.511. The number of benzene rings is 2. The number of aliphatic hydroxyl groups is 1. The van der Waals surface area contributed by atoms with Gasteiger partial charge in [-0.1, -0.05) is 42.5 Å². The fraction of sp³-hybridized carbons (Fsp3) is 0.208. The molecule has 1 amide bonds. The summed E-state index contributed by atoms with van der Waals surface area (Å²) in [6.07, 6.45) is 1.60. The molecule has 1 aliphatic rings. The molecular formula is C24H24FN5O2. The Hall–Kier alpha value is -3.78. The zero-order chi connectivity index (χ0) is 22.7. The van der Waals surface area contributed by atoms with E-state index in [4.69, 9.17) is 0 Å². The van der Waals surface area contributed by atoms with Crippen molar-refractivity contribution in [3.63, 3.8) is 0 Å². The summed E-state index contributed by atoms with van der Waals surface area (Å²) in [5.41, 5.74) is 3.01. The van der Waals surface area contributed by atoms with Crippen molar-refractivity contribution in [2.75, 3.05) is 17.2 Å². The van der Waals surface area contributed by atoms with E-state index in [9.17, 15) is 14.3 Å². The lowest BCUT2D eigenvalue weighted by Gasteiger charge is -2.13. The number of dihydropyridines is 1. The van der Waals surface area contributed by atoms with Crippen molar-refractivity contribution >= 4 is 23.1 Å². The molecule has 0 aliphatic carbocycles. The van der Waals surface area contributed by atoms with Crippen LogP contribution in [-0.4, -0.2) is 33.1 Å². The molecule has 32 heavy (non-hydrogen) atoms. The molecule has 4 rings (SSSR count). The summed E-state index contributed by atoms with van der Waals surface area (Å²) in [7, 11) is 1.73. The molecule has 3 N–H and O–H groups in total. The molecule has 0 bridgehead atoms. The second kappa shape index (κ2) is 9.15. The number of aromatic nitrogens is 2. The van der Waals surface area contributed by atoms with Gasteiger partial charge in [0.2, 0.25) is 0 Å².